The maximum atomic E-state index is 10.9. The van der Waals surface area contributed by atoms with Crippen molar-refractivity contribution in [1.29, 1.82) is 0 Å². The highest BCUT2D eigenvalue weighted by atomic mass is 16.5. The zero-order chi connectivity index (χ0) is 10.1. The molecule has 4 heteroatoms. The van der Waals surface area contributed by atoms with E-state index in [1.165, 1.54) is 0 Å². The highest BCUT2D eigenvalue weighted by molar-refractivity contribution is 5.73. The molecule has 0 fully saturated rings. The molecule has 0 saturated heterocycles. The van der Waals surface area contributed by atoms with Crippen LogP contribution in [0.15, 0.2) is 0 Å². The van der Waals surface area contributed by atoms with Gasteiger partial charge >= 0.3 is 6.03 Å². The van der Waals surface area contributed by atoms with E-state index in [0.29, 0.717) is 19.7 Å². The molecule has 0 radical (unpaired) electrons. The molecule has 0 aliphatic rings. The fourth-order valence-corrected chi connectivity index (χ4v) is 0.816. The molecule has 0 aliphatic heterocycles. The normalized spacial score (nSPS) is 10.2. The first-order valence-electron chi connectivity index (χ1n) is 4.80. The minimum atomic E-state index is -0.105. The molecular formula is C9H20N2O2. The molecular weight excluding hydrogens is 168 g/mol. The van der Waals surface area contributed by atoms with E-state index >= 15 is 0 Å². The van der Waals surface area contributed by atoms with E-state index < -0.39 is 0 Å². The topological polar surface area (TPSA) is 50.4 Å². The molecule has 0 unspecified atom stereocenters. The molecule has 13 heavy (non-hydrogen) atoms. The predicted octanol–water partition coefficient (Wildman–Crippen LogP) is 1.12. The molecule has 2 amide bonds. The number of hydrogen-bond acceptors (Lipinski definition) is 2. The summed E-state index contributed by atoms with van der Waals surface area (Å²) in [7, 11) is 0. The van der Waals surface area contributed by atoms with Crippen LogP contribution in [0, 0.1) is 0 Å². The third kappa shape index (κ3) is 9.14. The molecule has 0 aliphatic carbocycles. The molecule has 78 valence electrons. The van der Waals surface area contributed by atoms with Crippen LogP contribution in [0.2, 0.25) is 0 Å². The van der Waals surface area contributed by atoms with Gasteiger partial charge in [-0.3, -0.25) is 0 Å². The average Bonchev–Trinajstić information content (AvgIpc) is 2.03. The van der Waals surface area contributed by atoms with E-state index in [2.05, 4.69) is 10.6 Å². The Balaban J connectivity index is 3.11. The summed E-state index contributed by atoms with van der Waals surface area (Å²) in [5, 5.41) is 5.38. The molecule has 4 nitrogen and oxygen atoms in total. The van der Waals surface area contributed by atoms with E-state index in [-0.39, 0.29) is 12.1 Å². The van der Waals surface area contributed by atoms with E-state index in [4.69, 9.17) is 4.74 Å². The smallest absolute Gasteiger partial charge is 0.314 e. The van der Waals surface area contributed by atoms with Gasteiger partial charge in [0.1, 0.15) is 0 Å². The Morgan fingerprint density at radius 3 is 2.62 bits per heavy atom. The van der Waals surface area contributed by atoms with Gasteiger partial charge in [-0.05, 0) is 27.2 Å². The maximum absolute atomic E-state index is 10.9. The highest BCUT2D eigenvalue weighted by Gasteiger charge is 1.96. The molecule has 0 saturated carbocycles. The lowest BCUT2D eigenvalue weighted by molar-refractivity contribution is 0.0774. The average molecular weight is 188 g/mol. The van der Waals surface area contributed by atoms with Gasteiger partial charge < -0.3 is 15.4 Å². The SMILES string of the molecule is CCNC(=O)NCCCOC(C)C. The highest BCUT2D eigenvalue weighted by Crippen LogP contribution is 1.88. The molecule has 0 heterocycles. The fraction of sp³-hybridized carbons (Fsp3) is 0.889. The fourth-order valence-electron chi connectivity index (χ4n) is 0.816. The van der Waals surface area contributed by atoms with Crippen LogP contribution >= 0.6 is 0 Å². The summed E-state index contributed by atoms with van der Waals surface area (Å²) in [5.41, 5.74) is 0. The van der Waals surface area contributed by atoms with E-state index in [1.54, 1.807) is 0 Å². The van der Waals surface area contributed by atoms with Gasteiger partial charge in [0.25, 0.3) is 0 Å². The summed E-state index contributed by atoms with van der Waals surface area (Å²) in [6, 6.07) is -0.105. The van der Waals surface area contributed by atoms with Crippen molar-refractivity contribution in [2.75, 3.05) is 19.7 Å². The molecule has 0 aromatic rings. The van der Waals surface area contributed by atoms with Crippen molar-refractivity contribution in [3.8, 4) is 0 Å². The number of ether oxygens (including phenoxy) is 1. The first kappa shape index (κ1) is 12.2. The Hall–Kier alpha value is -0.770. The van der Waals surface area contributed by atoms with Crippen LogP contribution in [-0.2, 0) is 4.74 Å². The Bertz CT molecular complexity index is 138. The zero-order valence-corrected chi connectivity index (χ0v) is 8.72. The molecule has 0 aromatic heterocycles. The van der Waals surface area contributed by atoms with E-state index in [9.17, 15) is 4.79 Å². The first-order valence-corrected chi connectivity index (χ1v) is 4.80. The predicted molar refractivity (Wildman–Crippen MR) is 52.8 cm³/mol. The first-order chi connectivity index (χ1) is 6.16. The third-order valence-electron chi connectivity index (χ3n) is 1.40. The summed E-state index contributed by atoms with van der Waals surface area (Å²) in [5.74, 6) is 0. The number of carbonyl (C=O) groups is 1. The second kappa shape index (κ2) is 7.86. The second-order valence-corrected chi connectivity index (χ2v) is 3.06. The maximum Gasteiger partial charge on any atom is 0.314 e. The number of urea groups is 1. The zero-order valence-electron chi connectivity index (χ0n) is 8.72. The largest absolute Gasteiger partial charge is 0.379 e. The van der Waals surface area contributed by atoms with Crippen molar-refractivity contribution in [3.05, 3.63) is 0 Å². The summed E-state index contributed by atoms with van der Waals surface area (Å²) in [6.45, 7) is 7.91. The van der Waals surface area contributed by atoms with Crippen LogP contribution in [-0.4, -0.2) is 31.8 Å². The van der Waals surface area contributed by atoms with Crippen LogP contribution < -0.4 is 10.6 Å². The van der Waals surface area contributed by atoms with Crippen molar-refractivity contribution in [2.24, 2.45) is 0 Å². The standard InChI is InChI=1S/C9H20N2O2/c1-4-10-9(12)11-6-5-7-13-8(2)3/h8H,4-7H2,1-3H3,(H2,10,11,12). The second-order valence-electron chi connectivity index (χ2n) is 3.06. The molecule has 0 aromatic carbocycles. The van der Waals surface area contributed by atoms with Crippen LogP contribution in [0.1, 0.15) is 27.2 Å². The minimum Gasteiger partial charge on any atom is -0.379 e. The van der Waals surface area contributed by atoms with Gasteiger partial charge in [-0.1, -0.05) is 0 Å². The molecule has 0 atom stereocenters. The van der Waals surface area contributed by atoms with Gasteiger partial charge in [-0.15, -0.1) is 0 Å². The third-order valence-corrected chi connectivity index (χ3v) is 1.40. The summed E-state index contributed by atoms with van der Waals surface area (Å²) >= 11 is 0. The number of hydrogen-bond donors (Lipinski definition) is 2. The molecule has 2 N–H and O–H groups in total. The number of amides is 2. The van der Waals surface area contributed by atoms with E-state index in [0.717, 1.165) is 6.42 Å². The van der Waals surface area contributed by atoms with Crippen molar-refractivity contribution in [3.63, 3.8) is 0 Å². The van der Waals surface area contributed by atoms with Crippen molar-refractivity contribution in [1.82, 2.24) is 10.6 Å². The van der Waals surface area contributed by atoms with Gasteiger partial charge in [0.15, 0.2) is 0 Å². The van der Waals surface area contributed by atoms with E-state index in [1.807, 2.05) is 20.8 Å². The Labute approximate surface area is 80.0 Å². The van der Waals surface area contributed by atoms with Gasteiger partial charge in [-0.25, -0.2) is 4.79 Å². The Kier molecular flexibility index (Phi) is 7.39. The van der Waals surface area contributed by atoms with Gasteiger partial charge in [0.05, 0.1) is 6.10 Å². The summed E-state index contributed by atoms with van der Waals surface area (Å²) in [6.07, 6.45) is 1.12. The number of nitrogens with one attached hydrogen (secondary N) is 2. The Morgan fingerprint density at radius 1 is 1.38 bits per heavy atom. The molecule has 0 rings (SSSR count). The molecule has 0 bridgehead atoms. The molecule has 0 spiro atoms. The van der Waals surface area contributed by atoms with Crippen molar-refractivity contribution >= 4 is 6.03 Å². The van der Waals surface area contributed by atoms with Crippen molar-refractivity contribution < 1.29 is 9.53 Å². The van der Waals surface area contributed by atoms with Crippen LogP contribution in [0.3, 0.4) is 0 Å². The Morgan fingerprint density at radius 2 is 2.08 bits per heavy atom. The summed E-state index contributed by atoms with van der Waals surface area (Å²) < 4.78 is 5.31. The lowest BCUT2D eigenvalue weighted by Crippen LogP contribution is -2.36. The van der Waals surface area contributed by atoms with Gasteiger partial charge in [0.2, 0.25) is 0 Å². The summed E-state index contributed by atoms with van der Waals surface area (Å²) in [4.78, 5) is 10.9. The van der Waals surface area contributed by atoms with Crippen LogP contribution in [0.25, 0.3) is 0 Å². The van der Waals surface area contributed by atoms with Crippen molar-refractivity contribution in [2.45, 2.75) is 33.3 Å². The monoisotopic (exact) mass is 188 g/mol. The van der Waals surface area contributed by atoms with Gasteiger partial charge in [-0.2, -0.15) is 0 Å². The lowest BCUT2D eigenvalue weighted by Gasteiger charge is -2.08. The van der Waals surface area contributed by atoms with Crippen LogP contribution in [0.4, 0.5) is 4.79 Å². The number of rotatable bonds is 6. The number of carbonyl (C=O) groups excluding carboxylic acids is 1. The quantitative estimate of drug-likeness (QED) is 0.614. The van der Waals surface area contributed by atoms with Crippen LogP contribution in [0.5, 0.6) is 0 Å². The minimum absolute atomic E-state index is 0.105. The lowest BCUT2D eigenvalue weighted by atomic mass is 10.4. The van der Waals surface area contributed by atoms with Gasteiger partial charge in [0, 0.05) is 19.7 Å².